The smallest absolute Gasteiger partial charge is 0.184 e. The van der Waals surface area contributed by atoms with Crippen LogP contribution in [0.1, 0.15) is 40.3 Å². The van der Waals surface area contributed by atoms with Crippen molar-refractivity contribution in [3.05, 3.63) is 88.8 Å². The lowest BCUT2D eigenvalue weighted by Gasteiger charge is -2.09. The number of aryl methyl sites for hydroxylation is 2. The van der Waals surface area contributed by atoms with Gasteiger partial charge in [-0.15, -0.1) is 5.10 Å². The lowest BCUT2D eigenvalue weighted by Crippen LogP contribution is -2.13. The number of aliphatic hydroxyl groups excluding tert-OH is 1. The van der Waals surface area contributed by atoms with Crippen LogP contribution in [0.4, 0.5) is 0 Å². The normalized spacial score (nSPS) is 12.2. The Morgan fingerprint density at radius 2 is 1.68 bits per heavy atom. The molecule has 0 spiro atoms. The summed E-state index contributed by atoms with van der Waals surface area (Å²) < 4.78 is 3.47. The minimum absolute atomic E-state index is 0.362. The van der Waals surface area contributed by atoms with Gasteiger partial charge >= 0.3 is 0 Å². The van der Waals surface area contributed by atoms with Gasteiger partial charge in [0.05, 0.1) is 6.54 Å². The van der Waals surface area contributed by atoms with E-state index in [2.05, 4.69) is 44.7 Å². The van der Waals surface area contributed by atoms with Crippen molar-refractivity contribution in [3.8, 4) is 0 Å². The summed E-state index contributed by atoms with van der Waals surface area (Å²) in [6.07, 6.45) is -0.895. The van der Waals surface area contributed by atoms with E-state index in [1.807, 2.05) is 54.1 Å². The van der Waals surface area contributed by atoms with Crippen molar-refractivity contribution in [1.29, 1.82) is 0 Å². The fraction of sp³-hybridized carbons (Fsp3) is 0.250. The molecule has 1 N–H and O–H groups in total. The largest absolute Gasteiger partial charge is 0.380 e. The quantitative estimate of drug-likeness (QED) is 0.554. The molecule has 2 heterocycles. The van der Waals surface area contributed by atoms with Gasteiger partial charge in [0, 0.05) is 0 Å². The van der Waals surface area contributed by atoms with Gasteiger partial charge in [0.25, 0.3) is 0 Å². The first-order valence-electron chi connectivity index (χ1n) is 9.05. The summed E-state index contributed by atoms with van der Waals surface area (Å²) in [5.41, 5.74) is 3.07. The second-order valence-electron chi connectivity index (χ2n) is 6.67. The van der Waals surface area contributed by atoms with Gasteiger partial charge in [-0.3, -0.25) is 0 Å². The lowest BCUT2D eigenvalue weighted by atomic mass is 10.1. The topological polar surface area (TPSA) is 94.5 Å². The minimum atomic E-state index is -0.895. The number of aromatic nitrogens is 7. The molecule has 0 aliphatic rings. The number of nitrogens with zero attached hydrogens (tertiary/aromatic N) is 7. The van der Waals surface area contributed by atoms with Crippen LogP contribution in [0.25, 0.3) is 0 Å². The molecule has 0 saturated heterocycles. The standard InChI is InChI=1S/C20H21N7O/c1-14-8-6-7-11-17(14)12-27-18(13-26-15(2)22-24-25-26)21-20(23-27)19(28)16-9-4-3-5-10-16/h3-11,19,28H,12-13H2,1-2H3. The van der Waals surface area contributed by atoms with Gasteiger partial charge in [-0.05, 0) is 41.0 Å². The van der Waals surface area contributed by atoms with Crippen molar-refractivity contribution >= 4 is 0 Å². The Bertz CT molecular complexity index is 1070. The van der Waals surface area contributed by atoms with Crippen molar-refractivity contribution in [2.24, 2.45) is 0 Å². The zero-order chi connectivity index (χ0) is 19.5. The molecule has 0 bridgehead atoms. The van der Waals surface area contributed by atoms with Gasteiger partial charge in [-0.25, -0.2) is 14.3 Å². The van der Waals surface area contributed by atoms with Crippen LogP contribution in [0.5, 0.6) is 0 Å². The molecule has 8 heteroatoms. The second-order valence-corrected chi connectivity index (χ2v) is 6.67. The number of hydrogen-bond donors (Lipinski definition) is 1. The van der Waals surface area contributed by atoms with Crippen LogP contribution in [0.2, 0.25) is 0 Å². The molecule has 0 radical (unpaired) electrons. The monoisotopic (exact) mass is 375 g/mol. The maximum Gasteiger partial charge on any atom is 0.184 e. The second kappa shape index (κ2) is 7.69. The fourth-order valence-corrected chi connectivity index (χ4v) is 3.02. The maximum absolute atomic E-state index is 10.7. The van der Waals surface area contributed by atoms with Crippen LogP contribution in [-0.4, -0.2) is 40.1 Å². The number of rotatable bonds is 6. The Morgan fingerprint density at radius 1 is 0.929 bits per heavy atom. The molecular weight excluding hydrogens is 354 g/mol. The van der Waals surface area contributed by atoms with Crippen LogP contribution in [0.3, 0.4) is 0 Å². The molecule has 142 valence electrons. The Balaban J connectivity index is 1.71. The average molecular weight is 375 g/mol. The molecule has 0 fully saturated rings. The number of tetrazole rings is 1. The van der Waals surface area contributed by atoms with Gasteiger partial charge < -0.3 is 5.11 Å². The lowest BCUT2D eigenvalue weighted by molar-refractivity contribution is 0.209. The molecule has 2 aromatic heterocycles. The van der Waals surface area contributed by atoms with Crippen molar-refractivity contribution in [2.45, 2.75) is 33.0 Å². The fourth-order valence-electron chi connectivity index (χ4n) is 3.02. The summed E-state index contributed by atoms with van der Waals surface area (Å²) in [5, 5.41) is 27.0. The molecule has 28 heavy (non-hydrogen) atoms. The summed E-state index contributed by atoms with van der Waals surface area (Å²) in [4.78, 5) is 4.61. The van der Waals surface area contributed by atoms with Crippen LogP contribution < -0.4 is 0 Å². The summed E-state index contributed by atoms with van der Waals surface area (Å²) in [6.45, 7) is 4.83. The van der Waals surface area contributed by atoms with Crippen molar-refractivity contribution in [1.82, 2.24) is 35.0 Å². The predicted octanol–water partition coefficient (Wildman–Crippen LogP) is 2.06. The van der Waals surface area contributed by atoms with E-state index in [1.165, 1.54) is 5.56 Å². The molecule has 4 aromatic rings. The third kappa shape index (κ3) is 3.67. The van der Waals surface area contributed by atoms with Gasteiger partial charge in [-0.2, -0.15) is 5.10 Å². The first kappa shape index (κ1) is 18.0. The third-order valence-corrected chi connectivity index (χ3v) is 4.71. The summed E-state index contributed by atoms with van der Waals surface area (Å²) in [5.74, 6) is 1.74. The molecule has 0 aliphatic heterocycles. The highest BCUT2D eigenvalue weighted by Gasteiger charge is 2.20. The molecular formula is C20H21N7O. The van der Waals surface area contributed by atoms with E-state index in [-0.39, 0.29) is 0 Å². The van der Waals surface area contributed by atoms with Crippen LogP contribution >= 0.6 is 0 Å². The van der Waals surface area contributed by atoms with E-state index in [4.69, 9.17) is 0 Å². The first-order chi connectivity index (χ1) is 13.6. The van der Waals surface area contributed by atoms with E-state index >= 15 is 0 Å². The van der Waals surface area contributed by atoms with E-state index in [0.29, 0.717) is 30.6 Å². The Hall–Kier alpha value is -3.39. The first-order valence-corrected chi connectivity index (χ1v) is 9.05. The Kier molecular flexibility index (Phi) is 4.94. The Labute approximate surface area is 162 Å². The molecule has 0 saturated carbocycles. The number of hydrogen-bond acceptors (Lipinski definition) is 6. The van der Waals surface area contributed by atoms with E-state index < -0.39 is 6.10 Å². The van der Waals surface area contributed by atoms with Gasteiger partial charge in [0.1, 0.15) is 24.3 Å². The van der Waals surface area contributed by atoms with E-state index in [1.54, 1.807) is 4.68 Å². The van der Waals surface area contributed by atoms with Crippen LogP contribution in [0.15, 0.2) is 54.6 Å². The number of aliphatic hydroxyl groups is 1. The van der Waals surface area contributed by atoms with Crippen molar-refractivity contribution < 1.29 is 5.11 Å². The highest BCUT2D eigenvalue weighted by molar-refractivity contribution is 5.26. The molecule has 0 aliphatic carbocycles. The number of benzene rings is 2. The highest BCUT2D eigenvalue weighted by atomic mass is 16.3. The van der Waals surface area contributed by atoms with Gasteiger partial charge in [0.15, 0.2) is 5.82 Å². The van der Waals surface area contributed by atoms with Crippen LogP contribution in [0, 0.1) is 13.8 Å². The molecule has 1 unspecified atom stereocenters. The minimum Gasteiger partial charge on any atom is -0.380 e. The summed E-state index contributed by atoms with van der Waals surface area (Å²) in [6, 6.07) is 17.5. The summed E-state index contributed by atoms with van der Waals surface area (Å²) in [7, 11) is 0. The van der Waals surface area contributed by atoms with Gasteiger partial charge in [-0.1, -0.05) is 54.6 Å². The zero-order valence-electron chi connectivity index (χ0n) is 15.8. The molecule has 0 amide bonds. The molecule has 1 atom stereocenters. The molecule has 2 aromatic carbocycles. The maximum atomic E-state index is 10.7. The Morgan fingerprint density at radius 3 is 2.39 bits per heavy atom. The molecule has 8 nitrogen and oxygen atoms in total. The molecule has 4 rings (SSSR count). The van der Waals surface area contributed by atoms with Crippen molar-refractivity contribution in [3.63, 3.8) is 0 Å². The van der Waals surface area contributed by atoms with Gasteiger partial charge in [0.2, 0.25) is 0 Å². The van der Waals surface area contributed by atoms with E-state index in [0.717, 1.165) is 11.1 Å². The highest BCUT2D eigenvalue weighted by Crippen LogP contribution is 2.20. The van der Waals surface area contributed by atoms with E-state index in [9.17, 15) is 5.11 Å². The SMILES string of the molecule is Cc1ccccc1Cn1nc(C(O)c2ccccc2)nc1Cn1nnnc1C. The predicted molar refractivity (Wildman–Crippen MR) is 102 cm³/mol. The van der Waals surface area contributed by atoms with Crippen molar-refractivity contribution in [2.75, 3.05) is 0 Å². The third-order valence-electron chi connectivity index (χ3n) is 4.71. The summed E-state index contributed by atoms with van der Waals surface area (Å²) >= 11 is 0. The zero-order valence-corrected chi connectivity index (χ0v) is 15.8. The van der Waals surface area contributed by atoms with Crippen LogP contribution in [-0.2, 0) is 13.1 Å². The average Bonchev–Trinajstić information content (AvgIpc) is 3.30.